The van der Waals surface area contributed by atoms with Crippen LogP contribution in [0.1, 0.15) is 81.5 Å². The average Bonchev–Trinajstić information content (AvgIpc) is 3.89. The number of aliphatic hydroxyl groups is 3. The predicted octanol–water partition coefficient (Wildman–Crippen LogP) is 5.26. The van der Waals surface area contributed by atoms with Gasteiger partial charge in [0.2, 0.25) is 5.91 Å². The Kier molecular flexibility index (Phi) is 14.4. The van der Waals surface area contributed by atoms with Crippen LogP contribution in [0.25, 0.3) is 11.1 Å². The fourth-order valence-electron chi connectivity index (χ4n) is 9.65. The molecule has 0 radical (unpaired) electrons. The minimum absolute atomic E-state index is 0.133. The Morgan fingerprint density at radius 1 is 1.02 bits per heavy atom. The van der Waals surface area contributed by atoms with Crippen LogP contribution in [0.2, 0.25) is 0 Å². The summed E-state index contributed by atoms with van der Waals surface area (Å²) in [5.41, 5.74) is 4.39. The van der Waals surface area contributed by atoms with Gasteiger partial charge >= 0.3 is 0 Å². The second-order valence-electron chi connectivity index (χ2n) is 18.1. The first kappa shape index (κ1) is 44.5. The molecule has 2 aliphatic heterocycles. The van der Waals surface area contributed by atoms with Gasteiger partial charge in [0.1, 0.15) is 24.0 Å². The number of anilines is 1. The molecule has 3 aliphatic rings. The van der Waals surface area contributed by atoms with Crippen LogP contribution in [0, 0.1) is 29.1 Å². The van der Waals surface area contributed by atoms with E-state index in [4.69, 9.17) is 9.57 Å². The van der Waals surface area contributed by atoms with Gasteiger partial charge in [-0.25, -0.2) is 0 Å². The van der Waals surface area contributed by atoms with Gasteiger partial charge in [-0.05, 0) is 91.8 Å². The Morgan fingerprint density at radius 2 is 1.73 bits per heavy atom. The topological polar surface area (TPSA) is 147 Å². The van der Waals surface area contributed by atoms with E-state index in [2.05, 4.69) is 43.2 Å². The Labute approximate surface area is 350 Å². The molecule has 12 nitrogen and oxygen atoms in total. The van der Waals surface area contributed by atoms with E-state index in [1.54, 1.807) is 19.1 Å². The first-order valence-corrected chi connectivity index (χ1v) is 21.4. The zero-order chi connectivity index (χ0) is 42.6. The SMILES string of the molecule is COc1c(CN2O[C@@H](CO)[C@@H]([C@H](C)O)[C@H]2C(=O)NC[C@@H](C)[C@@H]2C[C@@H](C)C2(C)C)cccc1-c1cc(C(=O)N[C@H](CN2CCCC2)[C@H](O)c2ccccc2)cc(N(C)C)c1. The van der Waals surface area contributed by atoms with Gasteiger partial charge in [0.05, 0.1) is 32.4 Å². The molecule has 1 saturated carbocycles. The highest BCUT2D eigenvalue weighted by atomic mass is 16.7. The van der Waals surface area contributed by atoms with Crippen molar-refractivity contribution < 1.29 is 34.5 Å². The van der Waals surface area contributed by atoms with Crippen molar-refractivity contribution >= 4 is 17.5 Å². The van der Waals surface area contributed by atoms with E-state index >= 15 is 0 Å². The van der Waals surface area contributed by atoms with Crippen molar-refractivity contribution in [3.05, 3.63) is 83.4 Å². The maximum absolute atomic E-state index is 14.2. The summed E-state index contributed by atoms with van der Waals surface area (Å²) in [6.45, 7) is 13.3. The summed E-state index contributed by atoms with van der Waals surface area (Å²) in [4.78, 5) is 38.8. The van der Waals surface area contributed by atoms with Gasteiger partial charge < -0.3 is 40.5 Å². The molecule has 6 rings (SSSR count). The molecule has 5 N–H and O–H groups in total. The van der Waals surface area contributed by atoms with Crippen LogP contribution in [0.5, 0.6) is 5.75 Å². The molecular formula is C47H67N5O7. The molecule has 3 aromatic carbocycles. The molecule has 0 aromatic heterocycles. The molecule has 3 fully saturated rings. The molecule has 2 saturated heterocycles. The van der Waals surface area contributed by atoms with E-state index in [1.807, 2.05) is 85.7 Å². The van der Waals surface area contributed by atoms with Crippen LogP contribution in [0.15, 0.2) is 66.7 Å². The lowest BCUT2D eigenvalue weighted by molar-refractivity contribution is -0.182. The largest absolute Gasteiger partial charge is 0.496 e. The quantitative estimate of drug-likeness (QED) is 0.122. The van der Waals surface area contributed by atoms with Crippen LogP contribution in [0.3, 0.4) is 0 Å². The third-order valence-electron chi connectivity index (χ3n) is 13.6. The minimum Gasteiger partial charge on any atom is -0.496 e. The van der Waals surface area contributed by atoms with Gasteiger partial charge in [-0.15, -0.1) is 0 Å². The first-order chi connectivity index (χ1) is 28.1. The van der Waals surface area contributed by atoms with Crippen LogP contribution < -0.4 is 20.3 Å². The molecule has 3 aromatic rings. The van der Waals surface area contributed by atoms with Crippen molar-refractivity contribution in [3.8, 4) is 16.9 Å². The summed E-state index contributed by atoms with van der Waals surface area (Å²) in [5.74, 6) is 0.711. The lowest BCUT2D eigenvalue weighted by Crippen LogP contribution is -2.52. The number of carbonyl (C=O) groups excluding carboxylic acids is 2. The van der Waals surface area contributed by atoms with E-state index in [9.17, 15) is 24.9 Å². The summed E-state index contributed by atoms with van der Waals surface area (Å²) < 4.78 is 6.10. The Balaban J connectivity index is 1.27. The molecule has 12 heteroatoms. The molecule has 322 valence electrons. The minimum atomic E-state index is -0.924. The number of ether oxygens (including phenoxy) is 1. The lowest BCUT2D eigenvalue weighted by atomic mass is 9.52. The van der Waals surface area contributed by atoms with Crippen LogP contribution >= 0.6 is 0 Å². The van der Waals surface area contributed by atoms with Crippen LogP contribution in [-0.2, 0) is 16.2 Å². The monoisotopic (exact) mass is 814 g/mol. The van der Waals surface area contributed by atoms with Crippen molar-refractivity contribution in [2.45, 2.75) is 90.8 Å². The highest BCUT2D eigenvalue weighted by Crippen LogP contribution is 2.54. The number of nitrogens with one attached hydrogen (secondary N) is 2. The van der Waals surface area contributed by atoms with Crippen molar-refractivity contribution in [2.75, 3.05) is 58.9 Å². The zero-order valence-electron chi connectivity index (χ0n) is 36.2. The van der Waals surface area contributed by atoms with Crippen molar-refractivity contribution in [1.29, 1.82) is 0 Å². The Hall–Kier alpha value is -4.04. The standard InChI is InChI=1S/C47H67N5O7/c1-29(38-21-30(2)47(38,4)5)25-48-46(57)42-41(31(3)54)40(28-53)59-52(42)26-33-17-14-18-37(44(33)58-8)34-22-35(24-36(23-34)50(6)7)45(56)49-39(27-51-19-12-13-20-51)43(55)32-15-10-9-11-16-32/h9-11,14-18,22-24,29-31,38-43,53-55H,12-13,19-21,25-28H2,1-8H3,(H,48,57)(H,49,56)/t29-,30-,31+,38+,39-,40+,41-,42+,43-/m1/s1. The molecule has 1 aliphatic carbocycles. The van der Waals surface area contributed by atoms with E-state index in [1.165, 1.54) is 0 Å². The van der Waals surface area contributed by atoms with Crippen molar-refractivity contribution in [2.24, 2.45) is 29.1 Å². The number of hydroxylamine groups is 2. The molecule has 0 spiro atoms. The zero-order valence-corrected chi connectivity index (χ0v) is 36.2. The van der Waals surface area contributed by atoms with E-state index in [-0.39, 0.29) is 36.3 Å². The van der Waals surface area contributed by atoms with Gasteiger partial charge in [0, 0.05) is 55.5 Å². The molecular weight excluding hydrogens is 747 g/mol. The Morgan fingerprint density at radius 3 is 2.34 bits per heavy atom. The number of nitrogens with zero attached hydrogens (tertiary/aromatic N) is 3. The number of benzene rings is 3. The van der Waals surface area contributed by atoms with Gasteiger partial charge in [-0.1, -0.05) is 76.2 Å². The highest BCUT2D eigenvalue weighted by molar-refractivity contribution is 5.97. The van der Waals surface area contributed by atoms with Crippen molar-refractivity contribution in [3.63, 3.8) is 0 Å². The fraction of sp³-hybridized carbons (Fsp3) is 0.574. The van der Waals surface area contributed by atoms with E-state index in [0.29, 0.717) is 36.2 Å². The third-order valence-corrected chi connectivity index (χ3v) is 13.6. The Bertz CT molecular complexity index is 1880. The number of likely N-dealkylation sites (tertiary alicyclic amines) is 1. The third kappa shape index (κ3) is 9.79. The second-order valence-corrected chi connectivity index (χ2v) is 18.1. The van der Waals surface area contributed by atoms with E-state index in [0.717, 1.165) is 60.3 Å². The number of hydrogen-bond acceptors (Lipinski definition) is 10. The van der Waals surface area contributed by atoms with Crippen molar-refractivity contribution in [1.82, 2.24) is 20.6 Å². The van der Waals surface area contributed by atoms with Gasteiger partial charge in [0.15, 0.2) is 0 Å². The smallest absolute Gasteiger partial charge is 0.251 e. The van der Waals surface area contributed by atoms with E-state index < -0.39 is 36.3 Å². The van der Waals surface area contributed by atoms with Crippen LogP contribution in [-0.4, -0.2) is 115 Å². The summed E-state index contributed by atoms with van der Waals surface area (Å²) in [7, 11) is 5.43. The predicted molar refractivity (Wildman–Crippen MR) is 231 cm³/mol. The fourth-order valence-corrected chi connectivity index (χ4v) is 9.65. The lowest BCUT2D eigenvalue weighted by Gasteiger charge is -2.53. The molecule has 59 heavy (non-hydrogen) atoms. The number of methoxy groups -OCH3 is 1. The molecule has 2 heterocycles. The first-order valence-electron chi connectivity index (χ1n) is 21.4. The molecule has 2 amide bonds. The maximum Gasteiger partial charge on any atom is 0.251 e. The number of aliphatic hydroxyl groups excluding tert-OH is 3. The summed E-state index contributed by atoms with van der Waals surface area (Å²) >= 11 is 0. The second kappa shape index (κ2) is 19.1. The maximum atomic E-state index is 14.2. The number of rotatable bonds is 17. The number of hydrogen-bond donors (Lipinski definition) is 5. The number of carbonyl (C=O) groups is 2. The number of para-hydroxylation sites is 1. The molecule has 0 bridgehead atoms. The highest BCUT2D eigenvalue weighted by Gasteiger charge is 2.50. The number of amides is 2. The average molecular weight is 814 g/mol. The summed E-state index contributed by atoms with van der Waals surface area (Å²) in [6.07, 6.45) is 0.713. The van der Waals surface area contributed by atoms with Gasteiger partial charge in [0.25, 0.3) is 5.91 Å². The van der Waals surface area contributed by atoms with Gasteiger partial charge in [-0.3, -0.25) is 14.4 Å². The molecule has 0 unspecified atom stereocenters. The molecule has 9 atom stereocenters. The summed E-state index contributed by atoms with van der Waals surface area (Å²) in [5, 5.41) is 40.8. The van der Waals surface area contributed by atoms with Crippen LogP contribution in [0.4, 0.5) is 5.69 Å². The normalized spacial score (nSPS) is 25.1. The van der Waals surface area contributed by atoms with Gasteiger partial charge in [-0.2, -0.15) is 5.06 Å². The summed E-state index contributed by atoms with van der Waals surface area (Å²) in [6, 6.07) is 19.5.